The van der Waals surface area contributed by atoms with Gasteiger partial charge in [0.05, 0.1) is 17.2 Å². The molecular formula is C24H19Cl3O3. The van der Waals surface area contributed by atoms with Crippen LogP contribution in [0, 0.1) is 6.92 Å². The molecule has 6 heteroatoms. The highest BCUT2D eigenvalue weighted by Crippen LogP contribution is 2.27. The largest absolute Gasteiger partial charge is 0.496 e. The van der Waals surface area contributed by atoms with Crippen molar-refractivity contribution in [1.29, 1.82) is 0 Å². The topological polar surface area (TPSA) is 35.5 Å². The van der Waals surface area contributed by atoms with E-state index in [1.807, 2.05) is 37.3 Å². The van der Waals surface area contributed by atoms with Crippen molar-refractivity contribution in [3.05, 3.63) is 98.0 Å². The highest BCUT2D eigenvalue weighted by atomic mass is 35.5. The Morgan fingerprint density at radius 2 is 1.70 bits per heavy atom. The summed E-state index contributed by atoms with van der Waals surface area (Å²) in [5.74, 6) is 1.28. The second-order valence-electron chi connectivity index (χ2n) is 6.60. The van der Waals surface area contributed by atoms with Crippen molar-refractivity contribution in [2.75, 3.05) is 7.11 Å². The fraction of sp³-hybridized carbons (Fsp3) is 0.125. The first-order valence-corrected chi connectivity index (χ1v) is 10.2. The minimum atomic E-state index is -0.168. The zero-order valence-electron chi connectivity index (χ0n) is 16.4. The van der Waals surface area contributed by atoms with Gasteiger partial charge in [0, 0.05) is 16.1 Å². The Morgan fingerprint density at radius 3 is 2.40 bits per heavy atom. The number of halogens is 3. The van der Waals surface area contributed by atoms with Crippen molar-refractivity contribution in [2.24, 2.45) is 0 Å². The van der Waals surface area contributed by atoms with Gasteiger partial charge in [-0.25, -0.2) is 0 Å². The van der Waals surface area contributed by atoms with Gasteiger partial charge in [0.25, 0.3) is 0 Å². The molecule has 0 N–H and O–H groups in total. The summed E-state index contributed by atoms with van der Waals surface area (Å²) >= 11 is 17.9. The molecule has 0 aromatic heterocycles. The van der Waals surface area contributed by atoms with E-state index < -0.39 is 0 Å². The molecule has 3 aromatic carbocycles. The summed E-state index contributed by atoms with van der Waals surface area (Å²) < 4.78 is 11.4. The van der Waals surface area contributed by atoms with E-state index in [0.29, 0.717) is 33.0 Å². The quantitative estimate of drug-likeness (QED) is 0.271. The Morgan fingerprint density at radius 1 is 0.933 bits per heavy atom. The smallest absolute Gasteiger partial charge is 0.185 e. The number of ether oxygens (including phenoxy) is 2. The van der Waals surface area contributed by atoms with E-state index in [4.69, 9.17) is 44.3 Å². The number of methoxy groups -OCH3 is 1. The number of aryl methyl sites for hydroxylation is 1. The molecule has 0 fully saturated rings. The number of ketones is 1. The molecule has 0 saturated carbocycles. The second-order valence-corrected chi connectivity index (χ2v) is 7.85. The van der Waals surface area contributed by atoms with Crippen molar-refractivity contribution in [3.8, 4) is 11.5 Å². The van der Waals surface area contributed by atoms with Crippen molar-refractivity contribution in [2.45, 2.75) is 13.5 Å². The Labute approximate surface area is 190 Å². The molecule has 0 aliphatic carbocycles. The summed E-state index contributed by atoms with van der Waals surface area (Å²) in [6.07, 6.45) is 3.23. The Bertz CT molecular complexity index is 1110. The Hall–Kier alpha value is -2.46. The molecule has 154 valence electrons. The van der Waals surface area contributed by atoms with Gasteiger partial charge in [-0.05, 0) is 72.7 Å². The third kappa shape index (κ3) is 5.57. The molecule has 0 unspecified atom stereocenters. The zero-order valence-corrected chi connectivity index (χ0v) is 18.7. The first-order chi connectivity index (χ1) is 14.4. The predicted octanol–water partition coefficient (Wildman–Crippen LogP) is 7.44. The monoisotopic (exact) mass is 460 g/mol. The van der Waals surface area contributed by atoms with Gasteiger partial charge < -0.3 is 9.47 Å². The minimum absolute atomic E-state index is 0.168. The summed E-state index contributed by atoms with van der Waals surface area (Å²) in [6, 6.07) is 15.9. The van der Waals surface area contributed by atoms with Gasteiger partial charge in [0.1, 0.15) is 18.1 Å². The van der Waals surface area contributed by atoms with Crippen molar-refractivity contribution in [1.82, 2.24) is 0 Å². The fourth-order valence-corrected chi connectivity index (χ4v) is 3.39. The lowest BCUT2D eigenvalue weighted by molar-refractivity contribution is 0.104. The normalized spacial score (nSPS) is 11.0. The molecule has 0 aliphatic heterocycles. The highest BCUT2D eigenvalue weighted by Gasteiger charge is 2.08. The molecular weight excluding hydrogens is 443 g/mol. The van der Waals surface area contributed by atoms with Crippen LogP contribution in [-0.2, 0) is 6.61 Å². The maximum absolute atomic E-state index is 12.4. The van der Waals surface area contributed by atoms with Crippen molar-refractivity contribution < 1.29 is 14.3 Å². The number of benzene rings is 3. The summed E-state index contributed by atoms with van der Waals surface area (Å²) in [5.41, 5.74) is 3.12. The van der Waals surface area contributed by atoms with Gasteiger partial charge in [-0.2, -0.15) is 0 Å². The lowest BCUT2D eigenvalue weighted by Crippen LogP contribution is -2.00. The Balaban J connectivity index is 1.77. The maximum Gasteiger partial charge on any atom is 0.185 e. The van der Waals surface area contributed by atoms with E-state index in [2.05, 4.69) is 0 Å². The van der Waals surface area contributed by atoms with E-state index in [1.54, 1.807) is 37.5 Å². The van der Waals surface area contributed by atoms with Crippen LogP contribution in [0.2, 0.25) is 15.1 Å². The summed E-state index contributed by atoms with van der Waals surface area (Å²) in [6.45, 7) is 2.25. The molecule has 0 bridgehead atoms. The van der Waals surface area contributed by atoms with Gasteiger partial charge in [-0.3, -0.25) is 4.79 Å². The molecule has 0 heterocycles. The third-order valence-corrected chi connectivity index (χ3v) is 5.43. The number of allylic oxidation sites excluding steroid dienone is 1. The lowest BCUT2D eigenvalue weighted by Gasteiger charge is -2.13. The third-order valence-electron chi connectivity index (χ3n) is 4.46. The summed E-state index contributed by atoms with van der Waals surface area (Å²) in [4.78, 5) is 12.4. The fourth-order valence-electron chi connectivity index (χ4n) is 2.86. The first kappa shape index (κ1) is 22.2. The summed E-state index contributed by atoms with van der Waals surface area (Å²) in [7, 11) is 1.61. The molecule has 0 spiro atoms. The van der Waals surface area contributed by atoms with Crippen LogP contribution >= 0.6 is 34.8 Å². The average molecular weight is 462 g/mol. The number of carbonyl (C=O) groups is 1. The molecule has 3 nitrogen and oxygen atoms in total. The molecule has 0 saturated heterocycles. The van der Waals surface area contributed by atoms with E-state index in [-0.39, 0.29) is 5.78 Å². The van der Waals surface area contributed by atoms with E-state index in [9.17, 15) is 4.79 Å². The van der Waals surface area contributed by atoms with Gasteiger partial charge >= 0.3 is 0 Å². The molecule has 0 radical (unpaired) electrons. The zero-order chi connectivity index (χ0) is 21.7. The van der Waals surface area contributed by atoms with Crippen LogP contribution in [0.3, 0.4) is 0 Å². The number of hydrogen-bond donors (Lipinski definition) is 0. The van der Waals surface area contributed by atoms with Crippen LogP contribution in [-0.4, -0.2) is 12.9 Å². The first-order valence-electron chi connectivity index (χ1n) is 9.10. The van der Waals surface area contributed by atoms with Crippen LogP contribution in [0.5, 0.6) is 11.5 Å². The number of rotatable bonds is 7. The average Bonchev–Trinajstić information content (AvgIpc) is 2.73. The van der Waals surface area contributed by atoms with Gasteiger partial charge in [-0.1, -0.05) is 46.9 Å². The SMILES string of the molecule is COc1ccc(/C=C/C(=O)c2ccc(Cl)c(Cl)c2)cc1COc1ccc(Cl)cc1C. The van der Waals surface area contributed by atoms with Gasteiger partial charge in [-0.15, -0.1) is 0 Å². The standard InChI is InChI=1S/C24H19Cl3O3/c1-15-11-19(25)6-10-23(15)30-14-18-12-16(4-9-24(18)29-2)3-8-22(28)17-5-7-20(26)21(27)13-17/h3-13H,14H2,1-2H3/b8-3+. The van der Waals surface area contributed by atoms with E-state index in [0.717, 1.165) is 22.4 Å². The lowest BCUT2D eigenvalue weighted by atomic mass is 10.1. The summed E-state index contributed by atoms with van der Waals surface area (Å²) in [5, 5.41) is 1.42. The second kappa shape index (κ2) is 10.0. The minimum Gasteiger partial charge on any atom is -0.496 e. The maximum atomic E-state index is 12.4. The van der Waals surface area contributed by atoms with Gasteiger partial charge in [0.15, 0.2) is 5.78 Å². The van der Waals surface area contributed by atoms with Crippen LogP contribution in [0.1, 0.15) is 27.0 Å². The number of hydrogen-bond acceptors (Lipinski definition) is 3. The number of carbonyl (C=O) groups excluding carboxylic acids is 1. The highest BCUT2D eigenvalue weighted by molar-refractivity contribution is 6.42. The van der Waals surface area contributed by atoms with Crippen molar-refractivity contribution >= 4 is 46.7 Å². The van der Waals surface area contributed by atoms with Crippen LogP contribution in [0.4, 0.5) is 0 Å². The van der Waals surface area contributed by atoms with Crippen molar-refractivity contribution in [3.63, 3.8) is 0 Å². The van der Waals surface area contributed by atoms with E-state index in [1.165, 1.54) is 6.08 Å². The predicted molar refractivity (Wildman–Crippen MR) is 123 cm³/mol. The van der Waals surface area contributed by atoms with Gasteiger partial charge in [0.2, 0.25) is 0 Å². The Kier molecular flexibility index (Phi) is 7.43. The van der Waals surface area contributed by atoms with E-state index >= 15 is 0 Å². The molecule has 0 aliphatic rings. The molecule has 0 atom stereocenters. The molecule has 3 rings (SSSR count). The van der Waals surface area contributed by atoms with Crippen LogP contribution < -0.4 is 9.47 Å². The van der Waals surface area contributed by atoms with Crippen LogP contribution in [0.25, 0.3) is 6.08 Å². The molecule has 3 aromatic rings. The molecule has 0 amide bonds. The van der Waals surface area contributed by atoms with Crippen LogP contribution in [0.15, 0.2) is 60.7 Å². The molecule has 30 heavy (non-hydrogen) atoms.